The van der Waals surface area contributed by atoms with Crippen LogP contribution in [0.1, 0.15) is 5.56 Å². The van der Waals surface area contributed by atoms with E-state index in [1.165, 1.54) is 12.1 Å². The maximum atomic E-state index is 14.6. The van der Waals surface area contributed by atoms with Gasteiger partial charge in [-0.1, -0.05) is 48.5 Å². The lowest BCUT2D eigenvalue weighted by Crippen LogP contribution is -2.00. The van der Waals surface area contributed by atoms with E-state index < -0.39 is 5.82 Å². The molecule has 4 rings (SSSR count). The van der Waals surface area contributed by atoms with Crippen LogP contribution in [-0.2, 0) is 0 Å². The quantitative estimate of drug-likeness (QED) is 0.562. The van der Waals surface area contributed by atoms with E-state index in [-0.39, 0.29) is 11.4 Å². The first-order valence-electron chi connectivity index (χ1n) is 7.78. The van der Waals surface area contributed by atoms with Gasteiger partial charge in [0.1, 0.15) is 11.8 Å². The number of aromatic nitrogens is 1. The third kappa shape index (κ3) is 2.34. The third-order valence-electron chi connectivity index (χ3n) is 4.21. The number of nitrogens with zero attached hydrogens (tertiary/aromatic N) is 2. The molecular formula is C21H13FN2O. The molecule has 120 valence electrons. The fourth-order valence-corrected chi connectivity index (χ4v) is 3.15. The predicted molar refractivity (Wildman–Crippen MR) is 95.0 cm³/mol. The monoisotopic (exact) mass is 328 g/mol. The molecule has 0 atom stereocenters. The van der Waals surface area contributed by atoms with E-state index in [9.17, 15) is 14.8 Å². The smallest absolute Gasteiger partial charge is 0.150 e. The van der Waals surface area contributed by atoms with E-state index in [1.807, 2.05) is 54.6 Å². The SMILES string of the molecule is N#Cc1c(-c2ccccc2)n(-c2ccc(O)cc2F)c2ccccc12. The van der Waals surface area contributed by atoms with Gasteiger partial charge in [-0.15, -0.1) is 0 Å². The Hall–Kier alpha value is -3.58. The lowest BCUT2D eigenvalue weighted by atomic mass is 10.1. The lowest BCUT2D eigenvalue weighted by Gasteiger charge is -2.12. The maximum absolute atomic E-state index is 14.6. The van der Waals surface area contributed by atoms with Crippen molar-refractivity contribution in [1.82, 2.24) is 4.57 Å². The average Bonchev–Trinajstić information content (AvgIpc) is 2.97. The van der Waals surface area contributed by atoms with Crippen LogP contribution >= 0.6 is 0 Å². The number of phenolic OH excluding ortho intramolecular Hbond substituents is 1. The molecular weight excluding hydrogens is 315 g/mol. The summed E-state index contributed by atoms with van der Waals surface area (Å²) in [4.78, 5) is 0. The van der Waals surface area contributed by atoms with Crippen molar-refractivity contribution in [3.05, 3.63) is 84.2 Å². The van der Waals surface area contributed by atoms with Gasteiger partial charge in [-0.3, -0.25) is 0 Å². The number of benzene rings is 3. The van der Waals surface area contributed by atoms with Crippen molar-refractivity contribution in [3.8, 4) is 28.8 Å². The molecule has 25 heavy (non-hydrogen) atoms. The number of hydrogen-bond donors (Lipinski definition) is 1. The van der Waals surface area contributed by atoms with E-state index in [2.05, 4.69) is 6.07 Å². The zero-order valence-corrected chi connectivity index (χ0v) is 13.1. The minimum atomic E-state index is -0.553. The van der Waals surface area contributed by atoms with Gasteiger partial charge in [-0.2, -0.15) is 5.26 Å². The molecule has 0 saturated carbocycles. The van der Waals surface area contributed by atoms with Crippen LogP contribution in [0.25, 0.3) is 27.8 Å². The third-order valence-corrected chi connectivity index (χ3v) is 4.21. The van der Waals surface area contributed by atoms with Gasteiger partial charge in [0.05, 0.1) is 22.5 Å². The number of rotatable bonds is 2. The molecule has 3 nitrogen and oxygen atoms in total. The first kappa shape index (κ1) is 15.0. The van der Waals surface area contributed by atoms with Crippen LogP contribution in [0.2, 0.25) is 0 Å². The Kier molecular flexibility index (Phi) is 3.48. The lowest BCUT2D eigenvalue weighted by molar-refractivity contribution is 0.468. The molecule has 0 aliphatic heterocycles. The number of aromatic hydroxyl groups is 1. The van der Waals surface area contributed by atoms with Crippen molar-refractivity contribution in [3.63, 3.8) is 0 Å². The van der Waals surface area contributed by atoms with Crippen molar-refractivity contribution in [1.29, 1.82) is 5.26 Å². The molecule has 1 heterocycles. The van der Waals surface area contributed by atoms with Gasteiger partial charge < -0.3 is 9.67 Å². The van der Waals surface area contributed by atoms with E-state index in [0.29, 0.717) is 11.3 Å². The summed E-state index contributed by atoms with van der Waals surface area (Å²) in [5.41, 5.74) is 2.97. The average molecular weight is 328 g/mol. The van der Waals surface area contributed by atoms with Crippen LogP contribution in [-0.4, -0.2) is 9.67 Å². The normalized spacial score (nSPS) is 10.7. The topological polar surface area (TPSA) is 49.0 Å². The summed E-state index contributed by atoms with van der Waals surface area (Å²) in [6.07, 6.45) is 0. The first-order valence-corrected chi connectivity index (χ1v) is 7.78. The number of fused-ring (bicyclic) bond motifs is 1. The molecule has 1 aromatic heterocycles. The van der Waals surface area contributed by atoms with Crippen molar-refractivity contribution in [2.45, 2.75) is 0 Å². The number of para-hydroxylation sites is 1. The molecule has 0 fully saturated rings. The molecule has 0 bridgehead atoms. The van der Waals surface area contributed by atoms with Crippen molar-refractivity contribution in [2.75, 3.05) is 0 Å². The van der Waals surface area contributed by atoms with Gasteiger partial charge in [-0.25, -0.2) is 4.39 Å². The summed E-state index contributed by atoms with van der Waals surface area (Å²) in [5, 5.41) is 20.0. The second-order valence-corrected chi connectivity index (χ2v) is 5.69. The highest BCUT2D eigenvalue weighted by Crippen LogP contribution is 2.37. The molecule has 0 spiro atoms. The molecule has 0 saturated heterocycles. The van der Waals surface area contributed by atoms with E-state index in [1.54, 1.807) is 4.57 Å². The largest absolute Gasteiger partial charge is 0.508 e. The Morgan fingerprint density at radius 1 is 0.920 bits per heavy atom. The Morgan fingerprint density at radius 3 is 2.36 bits per heavy atom. The molecule has 0 unspecified atom stereocenters. The minimum absolute atomic E-state index is 0.139. The van der Waals surface area contributed by atoms with Crippen molar-refractivity contribution < 1.29 is 9.50 Å². The van der Waals surface area contributed by atoms with E-state index in [0.717, 1.165) is 22.5 Å². The van der Waals surface area contributed by atoms with Crippen LogP contribution in [0.15, 0.2) is 72.8 Å². The predicted octanol–water partition coefficient (Wildman–Crippen LogP) is 5.01. The molecule has 1 N–H and O–H groups in total. The molecule has 4 aromatic rings. The van der Waals surface area contributed by atoms with Crippen LogP contribution in [0.4, 0.5) is 4.39 Å². The van der Waals surface area contributed by atoms with E-state index >= 15 is 0 Å². The van der Waals surface area contributed by atoms with Gasteiger partial charge in [0.15, 0.2) is 5.82 Å². The zero-order valence-electron chi connectivity index (χ0n) is 13.1. The van der Waals surface area contributed by atoms with Gasteiger partial charge in [-0.05, 0) is 23.8 Å². The van der Waals surface area contributed by atoms with Crippen molar-refractivity contribution in [2.24, 2.45) is 0 Å². The fraction of sp³-hybridized carbons (Fsp3) is 0. The summed E-state index contributed by atoms with van der Waals surface area (Å²) in [6, 6.07) is 23.2. The van der Waals surface area contributed by atoms with Crippen LogP contribution in [0.5, 0.6) is 5.75 Å². The highest BCUT2D eigenvalue weighted by atomic mass is 19.1. The Labute approximate surface area is 143 Å². The maximum Gasteiger partial charge on any atom is 0.150 e. The summed E-state index contributed by atoms with van der Waals surface area (Å²) in [5.74, 6) is -0.693. The second-order valence-electron chi connectivity index (χ2n) is 5.69. The number of phenols is 1. The summed E-state index contributed by atoms with van der Waals surface area (Å²) < 4.78 is 16.3. The van der Waals surface area contributed by atoms with Gasteiger partial charge >= 0.3 is 0 Å². The fourth-order valence-electron chi connectivity index (χ4n) is 3.15. The second kappa shape index (κ2) is 5.81. The minimum Gasteiger partial charge on any atom is -0.508 e. The first-order chi connectivity index (χ1) is 12.2. The highest BCUT2D eigenvalue weighted by Gasteiger charge is 2.21. The van der Waals surface area contributed by atoms with Crippen molar-refractivity contribution >= 4 is 10.9 Å². The molecule has 4 heteroatoms. The Bertz CT molecular complexity index is 1120. The standard InChI is InChI=1S/C21H13FN2O/c22-18-12-15(25)10-11-20(18)24-19-9-5-4-8-16(19)17(13-23)21(24)14-6-2-1-3-7-14/h1-12,25H. The van der Waals surface area contributed by atoms with Crippen LogP contribution < -0.4 is 0 Å². The number of nitriles is 1. The molecule has 0 aliphatic carbocycles. The Balaban J connectivity index is 2.18. The number of hydrogen-bond acceptors (Lipinski definition) is 2. The zero-order chi connectivity index (χ0) is 17.4. The Morgan fingerprint density at radius 2 is 1.64 bits per heavy atom. The van der Waals surface area contributed by atoms with Crippen LogP contribution in [0, 0.1) is 17.1 Å². The molecule has 0 aliphatic rings. The molecule has 3 aromatic carbocycles. The summed E-state index contributed by atoms with van der Waals surface area (Å²) in [6.45, 7) is 0. The van der Waals surface area contributed by atoms with Gasteiger partial charge in [0, 0.05) is 11.5 Å². The van der Waals surface area contributed by atoms with Crippen LogP contribution in [0.3, 0.4) is 0 Å². The van der Waals surface area contributed by atoms with Gasteiger partial charge in [0.2, 0.25) is 0 Å². The van der Waals surface area contributed by atoms with E-state index in [4.69, 9.17) is 0 Å². The highest BCUT2D eigenvalue weighted by molar-refractivity contribution is 5.96. The van der Waals surface area contributed by atoms with Gasteiger partial charge in [0.25, 0.3) is 0 Å². The molecule has 0 amide bonds. The summed E-state index contributed by atoms with van der Waals surface area (Å²) >= 11 is 0. The summed E-state index contributed by atoms with van der Waals surface area (Å²) in [7, 11) is 0. The molecule has 0 radical (unpaired) electrons. The number of halogens is 1.